The summed E-state index contributed by atoms with van der Waals surface area (Å²) in [6.45, 7) is 2.16. The molecule has 1 heteroatoms. The second kappa shape index (κ2) is 4.85. The maximum Gasteiger partial charge on any atom is 0.0375 e. The Morgan fingerprint density at radius 1 is 1.11 bits per heavy atom. The largest absolute Gasteiger partial charge is 0.382 e. The predicted molar refractivity (Wildman–Crippen MR) is 77.1 cm³/mol. The molecule has 2 aromatic rings. The molecule has 0 fully saturated rings. The summed E-state index contributed by atoms with van der Waals surface area (Å²) < 4.78 is 0. The first kappa shape index (κ1) is 11.3. The number of hydrogen-bond donors (Lipinski definition) is 1. The highest BCUT2D eigenvalue weighted by Gasteiger charge is 2.17. The summed E-state index contributed by atoms with van der Waals surface area (Å²) in [6, 6.07) is 18.0. The van der Waals surface area contributed by atoms with Crippen molar-refractivity contribution in [3.05, 3.63) is 65.2 Å². The maximum absolute atomic E-state index is 3.67. The van der Waals surface area contributed by atoms with Gasteiger partial charge in [0, 0.05) is 11.7 Å². The first-order valence-corrected chi connectivity index (χ1v) is 6.71. The fraction of sp³-hybridized carbons (Fsp3) is 0.294. The van der Waals surface area contributed by atoms with Crippen LogP contribution in [0.4, 0.5) is 5.69 Å². The Bertz CT molecular complexity index is 531. The van der Waals surface area contributed by atoms with E-state index in [1.807, 2.05) is 0 Å². The highest BCUT2D eigenvalue weighted by molar-refractivity contribution is 5.55. The third kappa shape index (κ3) is 2.40. The van der Waals surface area contributed by atoms with Crippen LogP contribution in [0.15, 0.2) is 48.5 Å². The summed E-state index contributed by atoms with van der Waals surface area (Å²) in [4.78, 5) is 0. The molecule has 0 saturated heterocycles. The van der Waals surface area contributed by atoms with Crippen LogP contribution in [0.2, 0.25) is 0 Å². The van der Waals surface area contributed by atoms with Gasteiger partial charge in [0.05, 0.1) is 0 Å². The van der Waals surface area contributed by atoms with Crippen molar-refractivity contribution in [1.29, 1.82) is 0 Å². The van der Waals surface area contributed by atoms with Crippen molar-refractivity contribution in [2.45, 2.75) is 32.2 Å². The van der Waals surface area contributed by atoms with E-state index in [1.165, 1.54) is 35.2 Å². The lowest BCUT2D eigenvalue weighted by atomic mass is 9.93. The molecule has 0 aromatic heterocycles. The van der Waals surface area contributed by atoms with Gasteiger partial charge in [-0.1, -0.05) is 48.0 Å². The molecule has 0 radical (unpaired) electrons. The third-order valence-electron chi connectivity index (χ3n) is 3.71. The third-order valence-corrected chi connectivity index (χ3v) is 3.71. The normalized spacial score (nSPS) is 17.9. The van der Waals surface area contributed by atoms with Crippen LogP contribution in [0.3, 0.4) is 0 Å². The first-order chi connectivity index (χ1) is 8.81. The van der Waals surface area contributed by atoms with E-state index in [4.69, 9.17) is 0 Å². The molecule has 2 aromatic carbocycles. The van der Waals surface area contributed by atoms with Gasteiger partial charge in [0.25, 0.3) is 0 Å². The van der Waals surface area contributed by atoms with Gasteiger partial charge in [-0.05, 0) is 43.4 Å². The molecule has 0 aliphatic carbocycles. The van der Waals surface area contributed by atoms with Gasteiger partial charge in [-0.2, -0.15) is 0 Å². The molecule has 1 aliphatic rings. The predicted octanol–water partition coefficient (Wildman–Crippen LogP) is 3.96. The lowest BCUT2D eigenvalue weighted by molar-refractivity contribution is 0.628. The molecular formula is C17H19N. The van der Waals surface area contributed by atoms with Crippen LogP contribution in [0.25, 0.3) is 0 Å². The number of hydrogen-bond acceptors (Lipinski definition) is 1. The van der Waals surface area contributed by atoms with E-state index < -0.39 is 0 Å². The molecule has 1 nitrogen and oxygen atoms in total. The van der Waals surface area contributed by atoms with Gasteiger partial charge in [-0.15, -0.1) is 0 Å². The van der Waals surface area contributed by atoms with Gasteiger partial charge in [0.1, 0.15) is 0 Å². The lowest BCUT2D eigenvalue weighted by Gasteiger charge is -2.27. The van der Waals surface area contributed by atoms with E-state index in [-0.39, 0.29) is 0 Å². The van der Waals surface area contributed by atoms with Crippen molar-refractivity contribution in [2.24, 2.45) is 0 Å². The number of benzene rings is 2. The Kier molecular flexibility index (Phi) is 3.06. The number of fused-ring (bicyclic) bond motifs is 1. The molecular weight excluding hydrogens is 218 g/mol. The fourth-order valence-electron chi connectivity index (χ4n) is 2.74. The topological polar surface area (TPSA) is 12.0 Å². The molecule has 3 rings (SSSR count). The molecule has 0 unspecified atom stereocenters. The Hall–Kier alpha value is -1.76. The minimum Gasteiger partial charge on any atom is -0.382 e. The van der Waals surface area contributed by atoms with Crippen LogP contribution in [0, 0.1) is 6.92 Å². The van der Waals surface area contributed by atoms with Gasteiger partial charge in [-0.3, -0.25) is 0 Å². The molecule has 0 spiro atoms. The molecule has 1 atom stereocenters. The average Bonchev–Trinajstić information content (AvgIpc) is 2.40. The van der Waals surface area contributed by atoms with E-state index >= 15 is 0 Å². The van der Waals surface area contributed by atoms with Gasteiger partial charge in [-0.25, -0.2) is 0 Å². The highest BCUT2D eigenvalue weighted by atomic mass is 14.9. The number of nitrogens with one attached hydrogen (secondary N) is 1. The second-order valence-electron chi connectivity index (χ2n) is 5.23. The lowest BCUT2D eigenvalue weighted by Crippen LogP contribution is -2.27. The Morgan fingerprint density at radius 2 is 1.94 bits per heavy atom. The molecule has 1 heterocycles. The van der Waals surface area contributed by atoms with Gasteiger partial charge in [0.15, 0.2) is 0 Å². The van der Waals surface area contributed by atoms with E-state index in [0.29, 0.717) is 6.04 Å². The van der Waals surface area contributed by atoms with Crippen LogP contribution in [0.1, 0.15) is 23.1 Å². The monoisotopic (exact) mass is 237 g/mol. The van der Waals surface area contributed by atoms with E-state index in [1.54, 1.807) is 0 Å². The van der Waals surface area contributed by atoms with Crippen molar-refractivity contribution in [2.75, 3.05) is 5.32 Å². The Morgan fingerprint density at radius 3 is 2.78 bits per heavy atom. The fourth-order valence-corrected chi connectivity index (χ4v) is 2.74. The van der Waals surface area contributed by atoms with Gasteiger partial charge >= 0.3 is 0 Å². The zero-order valence-corrected chi connectivity index (χ0v) is 10.8. The number of anilines is 1. The zero-order valence-electron chi connectivity index (χ0n) is 10.8. The summed E-state index contributed by atoms with van der Waals surface area (Å²) in [7, 11) is 0. The van der Waals surface area contributed by atoms with Crippen molar-refractivity contribution in [3.8, 4) is 0 Å². The molecule has 0 bridgehead atoms. The zero-order chi connectivity index (χ0) is 12.4. The van der Waals surface area contributed by atoms with E-state index in [2.05, 4.69) is 60.8 Å². The summed E-state index contributed by atoms with van der Waals surface area (Å²) in [6.07, 6.45) is 3.54. The van der Waals surface area contributed by atoms with Crippen molar-refractivity contribution in [3.63, 3.8) is 0 Å². The van der Waals surface area contributed by atoms with Crippen molar-refractivity contribution >= 4 is 5.69 Å². The molecule has 1 N–H and O–H groups in total. The van der Waals surface area contributed by atoms with Crippen molar-refractivity contribution in [1.82, 2.24) is 0 Å². The summed E-state index contributed by atoms with van der Waals surface area (Å²) in [5.74, 6) is 0. The van der Waals surface area contributed by atoms with Crippen LogP contribution < -0.4 is 5.32 Å². The highest BCUT2D eigenvalue weighted by Crippen LogP contribution is 2.26. The molecule has 18 heavy (non-hydrogen) atoms. The van der Waals surface area contributed by atoms with E-state index in [9.17, 15) is 0 Å². The minimum atomic E-state index is 0.572. The summed E-state index contributed by atoms with van der Waals surface area (Å²) >= 11 is 0. The quantitative estimate of drug-likeness (QED) is 0.833. The molecule has 0 saturated carbocycles. The van der Waals surface area contributed by atoms with Crippen LogP contribution >= 0.6 is 0 Å². The number of aryl methyl sites for hydroxylation is 2. The van der Waals surface area contributed by atoms with Crippen LogP contribution in [-0.4, -0.2) is 6.04 Å². The second-order valence-corrected chi connectivity index (χ2v) is 5.23. The van der Waals surface area contributed by atoms with Gasteiger partial charge < -0.3 is 5.32 Å². The molecule has 0 amide bonds. The summed E-state index contributed by atoms with van der Waals surface area (Å²) in [5, 5.41) is 3.67. The molecule has 1 aliphatic heterocycles. The SMILES string of the molecule is Cc1ccc2c(c1)CC[C@H](Cc1ccccc1)N2. The van der Waals surface area contributed by atoms with E-state index in [0.717, 1.165) is 6.42 Å². The smallest absolute Gasteiger partial charge is 0.0375 e. The minimum absolute atomic E-state index is 0.572. The first-order valence-electron chi connectivity index (χ1n) is 6.71. The summed E-state index contributed by atoms with van der Waals surface area (Å²) in [5.41, 5.74) is 5.58. The average molecular weight is 237 g/mol. The Balaban J connectivity index is 1.73. The van der Waals surface area contributed by atoms with Crippen LogP contribution in [0.5, 0.6) is 0 Å². The Labute approximate surface area is 109 Å². The van der Waals surface area contributed by atoms with Crippen molar-refractivity contribution < 1.29 is 0 Å². The van der Waals surface area contributed by atoms with Crippen LogP contribution in [-0.2, 0) is 12.8 Å². The maximum atomic E-state index is 3.67. The van der Waals surface area contributed by atoms with Gasteiger partial charge in [0.2, 0.25) is 0 Å². The standard InChI is InChI=1S/C17H19N/c1-13-7-10-17-15(11-13)8-9-16(18-17)12-14-5-3-2-4-6-14/h2-7,10-11,16,18H,8-9,12H2,1H3/t16-/m1/s1. The molecule has 92 valence electrons. The number of rotatable bonds is 2.